The van der Waals surface area contributed by atoms with Gasteiger partial charge in [-0.1, -0.05) is 28.1 Å². The summed E-state index contributed by atoms with van der Waals surface area (Å²) in [4.78, 5) is 2.36. The number of nitrogens with zero attached hydrogens (tertiary/aromatic N) is 1. The molecule has 0 saturated carbocycles. The zero-order chi connectivity index (χ0) is 21.5. The van der Waals surface area contributed by atoms with Gasteiger partial charge in [0.2, 0.25) is 0 Å². The van der Waals surface area contributed by atoms with Gasteiger partial charge in [-0.2, -0.15) is 0 Å². The van der Waals surface area contributed by atoms with Gasteiger partial charge in [0.1, 0.15) is 12.4 Å². The third-order valence-electron chi connectivity index (χ3n) is 6.37. The molecule has 3 N–H and O–H groups in total. The standard InChI is InChI=1S/C23H27BrFN3O2/c1-14-7-18-16(5-6-20(27)19(18)9-26)22(17-4-3-15(24)8-21(17)29-2)28(14)11-23(10-25)12-30-13-23/h3-6,8-9,14,22,26H,7,10-13,27H2,1-2H3/t14-,22?/m1/s1. The van der Waals surface area contributed by atoms with E-state index in [2.05, 4.69) is 33.8 Å². The van der Waals surface area contributed by atoms with Crippen molar-refractivity contribution in [3.8, 4) is 5.75 Å². The molecule has 1 unspecified atom stereocenters. The highest BCUT2D eigenvalue weighted by Crippen LogP contribution is 2.45. The van der Waals surface area contributed by atoms with E-state index in [1.807, 2.05) is 24.3 Å². The highest BCUT2D eigenvalue weighted by atomic mass is 79.9. The molecule has 1 saturated heterocycles. The first-order valence-corrected chi connectivity index (χ1v) is 10.9. The summed E-state index contributed by atoms with van der Waals surface area (Å²) in [5.41, 5.74) is 10.3. The molecule has 2 aliphatic rings. The van der Waals surface area contributed by atoms with Crippen molar-refractivity contribution in [2.24, 2.45) is 5.41 Å². The second-order valence-electron chi connectivity index (χ2n) is 8.42. The van der Waals surface area contributed by atoms with E-state index < -0.39 is 12.1 Å². The Morgan fingerprint density at radius 2 is 2.07 bits per heavy atom. The Hall–Kier alpha value is -1.96. The van der Waals surface area contributed by atoms with Crippen LogP contribution in [0, 0.1) is 10.8 Å². The average Bonchev–Trinajstić information content (AvgIpc) is 2.71. The van der Waals surface area contributed by atoms with Crippen LogP contribution in [-0.2, 0) is 11.2 Å². The summed E-state index contributed by atoms with van der Waals surface area (Å²) >= 11 is 3.53. The maximum absolute atomic E-state index is 14.0. The van der Waals surface area contributed by atoms with E-state index in [4.69, 9.17) is 20.6 Å². The van der Waals surface area contributed by atoms with Crippen LogP contribution in [0.2, 0.25) is 0 Å². The first-order valence-electron chi connectivity index (χ1n) is 10.1. The van der Waals surface area contributed by atoms with Crippen LogP contribution in [0.1, 0.15) is 35.2 Å². The molecule has 2 aromatic carbocycles. The molecule has 0 radical (unpaired) electrons. The molecule has 2 aromatic rings. The Bertz CT molecular complexity index is 958. The van der Waals surface area contributed by atoms with Gasteiger partial charge in [-0.15, -0.1) is 0 Å². The predicted octanol–water partition coefficient (Wildman–Crippen LogP) is 4.36. The van der Waals surface area contributed by atoms with Crippen LogP contribution in [-0.4, -0.2) is 50.7 Å². The van der Waals surface area contributed by atoms with E-state index in [0.29, 0.717) is 25.4 Å². The molecule has 0 spiro atoms. The number of nitrogen functional groups attached to an aromatic ring is 1. The zero-order valence-corrected chi connectivity index (χ0v) is 18.8. The van der Waals surface area contributed by atoms with E-state index in [0.717, 1.165) is 38.9 Å². The summed E-state index contributed by atoms with van der Waals surface area (Å²) in [5, 5.41) is 7.91. The fourth-order valence-corrected chi connectivity index (χ4v) is 5.03. The van der Waals surface area contributed by atoms with Crippen molar-refractivity contribution in [3.05, 3.63) is 57.1 Å². The molecule has 2 atom stereocenters. The Morgan fingerprint density at radius 1 is 1.33 bits per heavy atom. The third kappa shape index (κ3) is 3.53. The normalized spacial score (nSPS) is 22.8. The van der Waals surface area contributed by atoms with Gasteiger partial charge >= 0.3 is 0 Å². The van der Waals surface area contributed by atoms with E-state index >= 15 is 0 Å². The first-order chi connectivity index (χ1) is 14.4. The Balaban J connectivity index is 1.89. The molecule has 0 aliphatic carbocycles. The highest BCUT2D eigenvalue weighted by molar-refractivity contribution is 9.10. The SMILES string of the molecule is COc1cc(Br)ccc1C1c2ccc(N)c(C=N)c2C[C@@H](C)N1CC1(CF)COC1. The number of nitrogens with two attached hydrogens (primary N) is 1. The van der Waals surface area contributed by atoms with Gasteiger partial charge in [-0.25, -0.2) is 0 Å². The molecule has 7 heteroatoms. The van der Waals surface area contributed by atoms with Gasteiger partial charge in [0.25, 0.3) is 0 Å². The minimum Gasteiger partial charge on any atom is -0.496 e. The van der Waals surface area contributed by atoms with Crippen LogP contribution < -0.4 is 10.5 Å². The molecular formula is C23H27BrFN3O2. The maximum atomic E-state index is 14.0. The Kier molecular flexibility index (Phi) is 5.88. The highest BCUT2D eigenvalue weighted by Gasteiger charge is 2.45. The van der Waals surface area contributed by atoms with Crippen LogP contribution in [0.4, 0.5) is 10.1 Å². The monoisotopic (exact) mass is 475 g/mol. The number of alkyl halides is 1. The van der Waals surface area contributed by atoms with E-state index in [1.165, 1.54) is 6.21 Å². The van der Waals surface area contributed by atoms with Crippen molar-refractivity contribution in [3.63, 3.8) is 0 Å². The smallest absolute Gasteiger partial charge is 0.125 e. The lowest BCUT2D eigenvalue weighted by molar-refractivity contribution is -0.143. The number of halogens is 2. The van der Waals surface area contributed by atoms with Crippen LogP contribution >= 0.6 is 15.9 Å². The number of hydrogen-bond acceptors (Lipinski definition) is 5. The maximum Gasteiger partial charge on any atom is 0.125 e. The predicted molar refractivity (Wildman–Crippen MR) is 120 cm³/mol. The van der Waals surface area contributed by atoms with Crippen molar-refractivity contribution in [2.45, 2.75) is 25.4 Å². The molecular weight excluding hydrogens is 449 g/mol. The van der Waals surface area contributed by atoms with E-state index in [1.54, 1.807) is 7.11 Å². The van der Waals surface area contributed by atoms with Crippen LogP contribution in [0.25, 0.3) is 0 Å². The minimum absolute atomic E-state index is 0.130. The van der Waals surface area contributed by atoms with Crippen molar-refractivity contribution >= 4 is 27.8 Å². The topological polar surface area (TPSA) is 71.6 Å². The van der Waals surface area contributed by atoms with Gasteiger partial charge in [0.15, 0.2) is 0 Å². The number of ether oxygens (including phenoxy) is 2. The fourth-order valence-electron chi connectivity index (χ4n) is 4.69. The molecule has 30 heavy (non-hydrogen) atoms. The summed E-state index contributed by atoms with van der Waals surface area (Å²) in [6, 6.07) is 9.93. The lowest BCUT2D eigenvalue weighted by Gasteiger charge is -2.49. The number of benzene rings is 2. The van der Waals surface area contributed by atoms with Crippen molar-refractivity contribution in [1.29, 1.82) is 5.41 Å². The number of fused-ring (bicyclic) bond motifs is 1. The summed E-state index contributed by atoms with van der Waals surface area (Å²) < 4.78 is 26.0. The summed E-state index contributed by atoms with van der Waals surface area (Å²) in [6.45, 7) is 3.23. The van der Waals surface area contributed by atoms with E-state index in [9.17, 15) is 4.39 Å². The zero-order valence-electron chi connectivity index (χ0n) is 17.3. The summed E-state index contributed by atoms with van der Waals surface area (Å²) in [6.07, 6.45) is 2.10. The summed E-state index contributed by atoms with van der Waals surface area (Å²) in [5.74, 6) is 0.770. The van der Waals surface area contributed by atoms with Gasteiger partial charge < -0.3 is 20.6 Å². The number of nitrogens with one attached hydrogen (secondary N) is 1. The molecule has 5 nitrogen and oxygen atoms in total. The number of methoxy groups -OCH3 is 1. The fraction of sp³-hybridized carbons (Fsp3) is 0.435. The molecule has 1 fully saturated rings. The van der Waals surface area contributed by atoms with Gasteiger partial charge in [0, 0.05) is 40.1 Å². The molecule has 2 heterocycles. The van der Waals surface area contributed by atoms with Crippen LogP contribution in [0.3, 0.4) is 0 Å². The lowest BCUT2D eigenvalue weighted by atomic mass is 9.79. The van der Waals surface area contributed by atoms with Crippen molar-refractivity contribution in [1.82, 2.24) is 4.90 Å². The lowest BCUT2D eigenvalue weighted by Crippen LogP contribution is -2.56. The molecule has 0 bridgehead atoms. The summed E-state index contributed by atoms with van der Waals surface area (Å²) in [7, 11) is 1.66. The van der Waals surface area contributed by atoms with Gasteiger partial charge in [-0.05, 0) is 42.7 Å². The van der Waals surface area contributed by atoms with Crippen LogP contribution in [0.5, 0.6) is 5.75 Å². The Labute approximate surface area is 185 Å². The molecule has 160 valence electrons. The quantitative estimate of drug-likeness (QED) is 0.480. The third-order valence-corrected chi connectivity index (χ3v) is 6.86. The van der Waals surface area contributed by atoms with Crippen molar-refractivity contribution < 1.29 is 13.9 Å². The molecule has 2 aliphatic heterocycles. The number of rotatable bonds is 6. The average molecular weight is 476 g/mol. The van der Waals surface area contributed by atoms with E-state index in [-0.39, 0.29) is 12.1 Å². The molecule has 4 rings (SSSR count). The minimum atomic E-state index is -0.467. The Morgan fingerprint density at radius 3 is 2.67 bits per heavy atom. The van der Waals surface area contributed by atoms with Crippen molar-refractivity contribution in [2.75, 3.05) is 39.3 Å². The largest absolute Gasteiger partial charge is 0.496 e. The van der Waals surface area contributed by atoms with Gasteiger partial charge in [0.05, 0.1) is 31.8 Å². The number of anilines is 1. The van der Waals surface area contributed by atoms with Crippen LogP contribution in [0.15, 0.2) is 34.8 Å². The second-order valence-corrected chi connectivity index (χ2v) is 9.34. The molecule has 0 amide bonds. The molecule has 0 aromatic heterocycles. The second kappa shape index (κ2) is 8.29. The first kappa shape index (κ1) is 21.3. The van der Waals surface area contributed by atoms with Gasteiger partial charge in [-0.3, -0.25) is 9.29 Å². The number of hydrogen-bond donors (Lipinski definition) is 2.